The molecule has 0 bridgehead atoms. The largest absolute Gasteiger partial charge is 0.480 e. The molecular formula is C15H19FN2O3. The summed E-state index contributed by atoms with van der Waals surface area (Å²) < 4.78 is 12.7. The fraction of sp³-hybridized carbons (Fsp3) is 0.467. The van der Waals surface area contributed by atoms with E-state index in [1.165, 1.54) is 19.1 Å². The number of amides is 2. The third-order valence-electron chi connectivity index (χ3n) is 3.82. The number of halogens is 1. The number of benzene rings is 1. The monoisotopic (exact) mass is 294 g/mol. The minimum Gasteiger partial charge on any atom is -0.480 e. The molecule has 3 N–H and O–H groups in total. The van der Waals surface area contributed by atoms with Crippen molar-refractivity contribution in [3.05, 3.63) is 35.6 Å². The maximum absolute atomic E-state index is 12.7. The zero-order chi connectivity index (χ0) is 15.5. The van der Waals surface area contributed by atoms with Gasteiger partial charge in [-0.3, -0.25) is 0 Å². The Kier molecular flexibility index (Phi) is 4.45. The van der Waals surface area contributed by atoms with Crippen molar-refractivity contribution in [2.75, 3.05) is 6.54 Å². The second-order valence-corrected chi connectivity index (χ2v) is 5.54. The third kappa shape index (κ3) is 3.93. The molecule has 21 heavy (non-hydrogen) atoms. The van der Waals surface area contributed by atoms with E-state index in [-0.39, 0.29) is 11.7 Å². The minimum absolute atomic E-state index is 0.00199. The lowest BCUT2D eigenvalue weighted by Crippen LogP contribution is -2.56. The summed E-state index contributed by atoms with van der Waals surface area (Å²) in [5, 5.41) is 14.4. The van der Waals surface area contributed by atoms with Crippen LogP contribution >= 0.6 is 0 Å². The van der Waals surface area contributed by atoms with Crippen LogP contribution < -0.4 is 10.6 Å². The van der Waals surface area contributed by atoms with Crippen molar-refractivity contribution in [2.45, 2.75) is 31.7 Å². The number of carbonyl (C=O) groups excluding carboxylic acids is 1. The molecule has 0 saturated heterocycles. The molecule has 1 unspecified atom stereocenters. The summed E-state index contributed by atoms with van der Waals surface area (Å²) in [6.07, 6.45) is 2.19. The standard InChI is InChI=1S/C15H19FN2O3/c1-15(13(19)20,11-4-5-11)18-14(21)17-9-8-10-2-6-12(16)7-3-10/h2-3,6-7,11H,4-5,8-9H2,1H3,(H,19,20)(H2,17,18,21). The highest BCUT2D eigenvalue weighted by molar-refractivity contribution is 5.86. The molecule has 0 aromatic heterocycles. The minimum atomic E-state index is -1.21. The molecule has 2 rings (SSSR count). The lowest BCUT2D eigenvalue weighted by Gasteiger charge is -2.26. The van der Waals surface area contributed by atoms with Gasteiger partial charge in [-0.25, -0.2) is 14.0 Å². The topological polar surface area (TPSA) is 78.4 Å². The summed E-state index contributed by atoms with van der Waals surface area (Å²) >= 11 is 0. The molecule has 1 atom stereocenters. The molecule has 2 amide bonds. The third-order valence-corrected chi connectivity index (χ3v) is 3.82. The summed E-state index contributed by atoms with van der Waals surface area (Å²) in [5.74, 6) is -1.32. The Morgan fingerprint density at radius 3 is 2.48 bits per heavy atom. The normalized spacial score (nSPS) is 16.9. The molecule has 1 saturated carbocycles. The van der Waals surface area contributed by atoms with Crippen LogP contribution in [0.15, 0.2) is 24.3 Å². The molecule has 114 valence electrons. The maximum Gasteiger partial charge on any atom is 0.329 e. The highest BCUT2D eigenvalue weighted by Gasteiger charge is 2.48. The zero-order valence-corrected chi connectivity index (χ0v) is 11.9. The molecule has 1 aliphatic carbocycles. The zero-order valence-electron chi connectivity index (χ0n) is 11.9. The van der Waals surface area contributed by atoms with Gasteiger partial charge >= 0.3 is 12.0 Å². The van der Waals surface area contributed by atoms with E-state index >= 15 is 0 Å². The van der Waals surface area contributed by atoms with Gasteiger partial charge in [0.15, 0.2) is 0 Å². The van der Waals surface area contributed by atoms with Crippen molar-refractivity contribution in [3.63, 3.8) is 0 Å². The first-order chi connectivity index (χ1) is 9.91. The first kappa shape index (κ1) is 15.3. The number of hydrogen-bond donors (Lipinski definition) is 3. The molecule has 1 aliphatic rings. The van der Waals surface area contributed by atoms with Gasteiger partial charge in [-0.05, 0) is 49.8 Å². The van der Waals surface area contributed by atoms with Crippen LogP contribution in [-0.4, -0.2) is 29.2 Å². The van der Waals surface area contributed by atoms with E-state index in [9.17, 15) is 19.1 Å². The van der Waals surface area contributed by atoms with Gasteiger partial charge in [0.1, 0.15) is 11.4 Å². The average Bonchev–Trinajstić information content (AvgIpc) is 3.25. The molecule has 1 aromatic carbocycles. The molecule has 0 aliphatic heterocycles. The summed E-state index contributed by atoms with van der Waals surface area (Å²) in [5.41, 5.74) is -0.306. The van der Waals surface area contributed by atoms with Crippen molar-refractivity contribution in [2.24, 2.45) is 5.92 Å². The average molecular weight is 294 g/mol. The first-order valence-electron chi connectivity index (χ1n) is 6.95. The van der Waals surface area contributed by atoms with Crippen molar-refractivity contribution >= 4 is 12.0 Å². The molecule has 1 aromatic rings. The van der Waals surface area contributed by atoms with Crippen LogP contribution in [0.4, 0.5) is 9.18 Å². The lowest BCUT2D eigenvalue weighted by molar-refractivity contribution is -0.144. The van der Waals surface area contributed by atoms with Crippen molar-refractivity contribution in [1.29, 1.82) is 0 Å². The van der Waals surface area contributed by atoms with Gasteiger partial charge in [0.2, 0.25) is 0 Å². The predicted molar refractivity (Wildman–Crippen MR) is 75.4 cm³/mol. The Hall–Kier alpha value is -2.11. The number of rotatable bonds is 6. The van der Waals surface area contributed by atoms with Crippen LogP contribution in [0.25, 0.3) is 0 Å². The van der Waals surface area contributed by atoms with E-state index in [0.29, 0.717) is 13.0 Å². The van der Waals surface area contributed by atoms with E-state index in [2.05, 4.69) is 10.6 Å². The Bertz CT molecular complexity index is 528. The molecular weight excluding hydrogens is 275 g/mol. The van der Waals surface area contributed by atoms with Crippen LogP contribution in [0, 0.1) is 11.7 Å². The molecule has 5 nitrogen and oxygen atoms in total. The van der Waals surface area contributed by atoms with Crippen molar-refractivity contribution in [1.82, 2.24) is 10.6 Å². The highest BCUT2D eigenvalue weighted by Crippen LogP contribution is 2.39. The summed E-state index contributed by atoms with van der Waals surface area (Å²) in [4.78, 5) is 23.1. The summed E-state index contributed by atoms with van der Waals surface area (Å²) in [6.45, 7) is 1.89. The number of carbonyl (C=O) groups is 2. The second kappa shape index (κ2) is 6.11. The Labute approximate surface area is 122 Å². The highest BCUT2D eigenvalue weighted by atomic mass is 19.1. The summed E-state index contributed by atoms with van der Waals surface area (Å²) in [6, 6.07) is 5.54. The Balaban J connectivity index is 1.79. The SMILES string of the molecule is CC(NC(=O)NCCc1ccc(F)cc1)(C(=O)O)C1CC1. The van der Waals surface area contributed by atoms with Crippen LogP contribution in [0.1, 0.15) is 25.3 Å². The van der Waals surface area contributed by atoms with Crippen molar-refractivity contribution in [3.8, 4) is 0 Å². The van der Waals surface area contributed by atoms with E-state index in [1.54, 1.807) is 12.1 Å². The molecule has 1 fully saturated rings. The number of aliphatic carboxylic acids is 1. The maximum atomic E-state index is 12.7. The first-order valence-corrected chi connectivity index (χ1v) is 6.95. The van der Waals surface area contributed by atoms with Gasteiger partial charge in [-0.15, -0.1) is 0 Å². The lowest BCUT2D eigenvalue weighted by atomic mass is 9.96. The second-order valence-electron chi connectivity index (χ2n) is 5.54. The number of nitrogens with one attached hydrogen (secondary N) is 2. The molecule has 0 radical (unpaired) electrons. The number of carboxylic acids is 1. The van der Waals surface area contributed by atoms with E-state index in [1.807, 2.05) is 0 Å². The number of hydrogen-bond acceptors (Lipinski definition) is 2. The van der Waals surface area contributed by atoms with E-state index in [0.717, 1.165) is 18.4 Å². The van der Waals surface area contributed by atoms with E-state index < -0.39 is 17.5 Å². The van der Waals surface area contributed by atoms with Gasteiger partial charge in [0, 0.05) is 6.54 Å². The van der Waals surface area contributed by atoms with Crippen molar-refractivity contribution < 1.29 is 19.1 Å². The number of carboxylic acid groups (broad SMARTS) is 1. The van der Waals surface area contributed by atoms with Crippen LogP contribution in [0.5, 0.6) is 0 Å². The molecule has 6 heteroatoms. The van der Waals surface area contributed by atoms with Gasteiger partial charge < -0.3 is 15.7 Å². The van der Waals surface area contributed by atoms with Gasteiger partial charge in [0.05, 0.1) is 0 Å². The van der Waals surface area contributed by atoms with E-state index in [4.69, 9.17) is 0 Å². The van der Waals surface area contributed by atoms with Gasteiger partial charge in [0.25, 0.3) is 0 Å². The van der Waals surface area contributed by atoms with Crippen LogP contribution in [0.3, 0.4) is 0 Å². The van der Waals surface area contributed by atoms with Crippen LogP contribution in [0.2, 0.25) is 0 Å². The van der Waals surface area contributed by atoms with Gasteiger partial charge in [-0.2, -0.15) is 0 Å². The fourth-order valence-corrected chi connectivity index (χ4v) is 2.24. The summed E-state index contributed by atoms with van der Waals surface area (Å²) in [7, 11) is 0. The van der Waals surface area contributed by atoms with Crippen LogP contribution in [-0.2, 0) is 11.2 Å². The Morgan fingerprint density at radius 2 is 1.95 bits per heavy atom. The fourth-order valence-electron chi connectivity index (χ4n) is 2.24. The predicted octanol–water partition coefficient (Wildman–Crippen LogP) is 1.92. The quantitative estimate of drug-likeness (QED) is 0.750. The number of urea groups is 1. The molecule has 0 spiro atoms. The smallest absolute Gasteiger partial charge is 0.329 e. The van der Waals surface area contributed by atoms with Gasteiger partial charge in [-0.1, -0.05) is 12.1 Å². The Morgan fingerprint density at radius 1 is 1.33 bits per heavy atom. The molecule has 0 heterocycles.